The molecule has 0 saturated carbocycles. The third kappa shape index (κ3) is 4.66. The normalized spacial score (nSPS) is 10.7. The van der Waals surface area contributed by atoms with Gasteiger partial charge in [0.2, 0.25) is 5.13 Å². The molecule has 0 radical (unpaired) electrons. The number of methoxy groups -OCH3 is 3. The van der Waals surface area contributed by atoms with Gasteiger partial charge in [-0.1, -0.05) is 29.5 Å². The summed E-state index contributed by atoms with van der Waals surface area (Å²) in [6.07, 6.45) is 3.76. The SMILES string of the molecule is COc1ccc(/C=C/c2nnc(NC(=O)c3ccc(OC)c(OC)c3)s2)cc1. The van der Waals surface area contributed by atoms with Crippen LogP contribution in [0.4, 0.5) is 5.13 Å². The van der Waals surface area contributed by atoms with E-state index in [1.807, 2.05) is 36.4 Å². The smallest absolute Gasteiger partial charge is 0.257 e. The van der Waals surface area contributed by atoms with E-state index < -0.39 is 0 Å². The summed E-state index contributed by atoms with van der Waals surface area (Å²) < 4.78 is 15.5. The Balaban J connectivity index is 1.66. The minimum absolute atomic E-state index is 0.303. The third-order valence-corrected chi connectivity index (χ3v) is 4.64. The molecule has 3 rings (SSSR count). The van der Waals surface area contributed by atoms with E-state index in [4.69, 9.17) is 14.2 Å². The maximum absolute atomic E-state index is 12.4. The van der Waals surface area contributed by atoms with E-state index >= 15 is 0 Å². The first-order valence-corrected chi connectivity index (χ1v) is 9.13. The molecule has 0 aliphatic carbocycles. The predicted octanol–water partition coefficient (Wildman–Crippen LogP) is 3.99. The van der Waals surface area contributed by atoms with E-state index in [0.29, 0.717) is 27.2 Å². The Bertz CT molecular complexity index is 983. The van der Waals surface area contributed by atoms with Crippen molar-refractivity contribution in [3.63, 3.8) is 0 Å². The highest BCUT2D eigenvalue weighted by Gasteiger charge is 2.13. The zero-order valence-electron chi connectivity index (χ0n) is 15.6. The molecule has 28 heavy (non-hydrogen) atoms. The van der Waals surface area contributed by atoms with Crippen molar-refractivity contribution in [1.29, 1.82) is 0 Å². The van der Waals surface area contributed by atoms with Crippen molar-refractivity contribution < 1.29 is 19.0 Å². The van der Waals surface area contributed by atoms with Gasteiger partial charge in [0.05, 0.1) is 21.3 Å². The Morgan fingerprint density at radius 2 is 1.68 bits per heavy atom. The van der Waals surface area contributed by atoms with Crippen LogP contribution >= 0.6 is 11.3 Å². The highest BCUT2D eigenvalue weighted by Crippen LogP contribution is 2.28. The van der Waals surface area contributed by atoms with Gasteiger partial charge >= 0.3 is 0 Å². The van der Waals surface area contributed by atoms with Crippen LogP contribution in [0.15, 0.2) is 42.5 Å². The monoisotopic (exact) mass is 397 g/mol. The van der Waals surface area contributed by atoms with Crippen molar-refractivity contribution in [3.05, 3.63) is 58.6 Å². The fourth-order valence-electron chi connectivity index (χ4n) is 2.38. The highest BCUT2D eigenvalue weighted by molar-refractivity contribution is 7.16. The van der Waals surface area contributed by atoms with Crippen molar-refractivity contribution in [2.45, 2.75) is 0 Å². The molecule has 1 heterocycles. The van der Waals surface area contributed by atoms with Crippen LogP contribution < -0.4 is 19.5 Å². The van der Waals surface area contributed by atoms with Crippen LogP contribution in [-0.4, -0.2) is 37.4 Å². The fourth-order valence-corrected chi connectivity index (χ4v) is 3.02. The van der Waals surface area contributed by atoms with Gasteiger partial charge in [0.25, 0.3) is 5.91 Å². The molecule has 0 aliphatic rings. The van der Waals surface area contributed by atoms with E-state index in [1.54, 1.807) is 32.4 Å². The first-order valence-electron chi connectivity index (χ1n) is 8.32. The zero-order chi connectivity index (χ0) is 19.9. The number of rotatable bonds is 7. The molecular weight excluding hydrogens is 378 g/mol. The number of nitrogens with one attached hydrogen (secondary N) is 1. The molecule has 144 valence electrons. The Morgan fingerprint density at radius 3 is 2.36 bits per heavy atom. The first kappa shape index (κ1) is 19.4. The number of anilines is 1. The third-order valence-electron chi connectivity index (χ3n) is 3.84. The molecule has 0 bridgehead atoms. The van der Waals surface area contributed by atoms with Crippen molar-refractivity contribution in [3.8, 4) is 17.2 Å². The van der Waals surface area contributed by atoms with Crippen LogP contribution in [0.3, 0.4) is 0 Å². The lowest BCUT2D eigenvalue weighted by Gasteiger charge is -2.08. The van der Waals surface area contributed by atoms with Crippen molar-refractivity contribution in [2.24, 2.45) is 0 Å². The van der Waals surface area contributed by atoms with Crippen LogP contribution in [0, 0.1) is 0 Å². The Hall–Kier alpha value is -3.39. The molecule has 2 aromatic carbocycles. The van der Waals surface area contributed by atoms with Gasteiger partial charge in [-0.15, -0.1) is 10.2 Å². The average Bonchev–Trinajstić information content (AvgIpc) is 3.19. The maximum Gasteiger partial charge on any atom is 0.257 e. The summed E-state index contributed by atoms with van der Waals surface area (Å²) in [5.74, 6) is 1.53. The molecular formula is C20H19N3O4S. The number of carbonyl (C=O) groups is 1. The summed E-state index contributed by atoms with van der Waals surface area (Å²) in [6.45, 7) is 0. The van der Waals surface area contributed by atoms with Gasteiger partial charge in [0.1, 0.15) is 10.8 Å². The Morgan fingerprint density at radius 1 is 0.929 bits per heavy atom. The van der Waals surface area contributed by atoms with Crippen LogP contribution in [-0.2, 0) is 0 Å². The van der Waals surface area contributed by atoms with Crippen LogP contribution in [0.1, 0.15) is 20.9 Å². The molecule has 1 N–H and O–H groups in total. The van der Waals surface area contributed by atoms with E-state index in [9.17, 15) is 4.79 Å². The molecule has 0 fully saturated rings. The molecule has 8 heteroatoms. The maximum atomic E-state index is 12.4. The minimum atomic E-state index is -0.303. The molecule has 0 aliphatic heterocycles. The van der Waals surface area contributed by atoms with Gasteiger partial charge in [0.15, 0.2) is 11.5 Å². The second-order valence-corrected chi connectivity index (χ2v) is 6.58. The number of amides is 1. The van der Waals surface area contributed by atoms with E-state index in [2.05, 4.69) is 15.5 Å². The molecule has 1 amide bonds. The van der Waals surface area contributed by atoms with Crippen LogP contribution in [0.5, 0.6) is 17.2 Å². The van der Waals surface area contributed by atoms with Crippen molar-refractivity contribution >= 4 is 34.5 Å². The van der Waals surface area contributed by atoms with Crippen LogP contribution in [0.25, 0.3) is 12.2 Å². The van der Waals surface area contributed by atoms with Gasteiger partial charge in [-0.2, -0.15) is 0 Å². The number of ether oxygens (including phenoxy) is 3. The van der Waals surface area contributed by atoms with Gasteiger partial charge in [-0.25, -0.2) is 0 Å². The molecule has 0 atom stereocenters. The van der Waals surface area contributed by atoms with Crippen molar-refractivity contribution in [2.75, 3.05) is 26.6 Å². The summed E-state index contributed by atoms with van der Waals surface area (Å²) in [6, 6.07) is 12.6. The van der Waals surface area contributed by atoms with E-state index in [-0.39, 0.29) is 5.91 Å². The lowest BCUT2D eigenvalue weighted by atomic mass is 10.2. The largest absolute Gasteiger partial charge is 0.497 e. The number of hydrogen-bond acceptors (Lipinski definition) is 7. The molecule has 7 nitrogen and oxygen atoms in total. The molecule has 0 saturated heterocycles. The lowest BCUT2D eigenvalue weighted by Crippen LogP contribution is -2.11. The van der Waals surface area contributed by atoms with E-state index in [0.717, 1.165) is 11.3 Å². The second kappa shape index (κ2) is 9.01. The first-order chi connectivity index (χ1) is 13.6. The van der Waals surface area contributed by atoms with E-state index in [1.165, 1.54) is 18.4 Å². The summed E-state index contributed by atoms with van der Waals surface area (Å²) in [5.41, 5.74) is 1.44. The number of benzene rings is 2. The fraction of sp³-hybridized carbons (Fsp3) is 0.150. The van der Waals surface area contributed by atoms with Crippen molar-refractivity contribution in [1.82, 2.24) is 10.2 Å². The topological polar surface area (TPSA) is 82.6 Å². The minimum Gasteiger partial charge on any atom is -0.497 e. The van der Waals surface area contributed by atoms with Gasteiger partial charge in [0, 0.05) is 5.56 Å². The summed E-state index contributed by atoms with van der Waals surface area (Å²) >= 11 is 1.28. The molecule has 0 spiro atoms. The van der Waals surface area contributed by atoms with Gasteiger partial charge in [-0.3, -0.25) is 10.1 Å². The summed E-state index contributed by atoms with van der Waals surface area (Å²) in [7, 11) is 4.69. The Kier molecular flexibility index (Phi) is 6.23. The Labute approximate surface area is 166 Å². The van der Waals surface area contributed by atoms with Gasteiger partial charge < -0.3 is 14.2 Å². The summed E-state index contributed by atoms with van der Waals surface area (Å²) in [4.78, 5) is 12.4. The van der Waals surface area contributed by atoms with Gasteiger partial charge in [-0.05, 0) is 42.0 Å². The number of aromatic nitrogens is 2. The summed E-state index contributed by atoms with van der Waals surface area (Å²) in [5, 5.41) is 11.9. The number of hydrogen-bond donors (Lipinski definition) is 1. The lowest BCUT2D eigenvalue weighted by molar-refractivity contribution is 0.102. The quantitative estimate of drug-likeness (QED) is 0.649. The number of nitrogens with zero attached hydrogens (tertiary/aromatic N) is 2. The number of carbonyl (C=O) groups excluding carboxylic acids is 1. The highest BCUT2D eigenvalue weighted by atomic mass is 32.1. The molecule has 0 unspecified atom stereocenters. The zero-order valence-corrected chi connectivity index (χ0v) is 16.4. The standard InChI is InChI=1S/C20H19N3O4S/c1-25-15-8-4-13(5-9-15)6-11-18-22-23-20(28-18)21-19(24)14-7-10-16(26-2)17(12-14)27-3/h4-12H,1-3H3,(H,21,23,24)/b11-6+. The van der Waals surface area contributed by atoms with Crippen LogP contribution in [0.2, 0.25) is 0 Å². The predicted molar refractivity (Wildman–Crippen MR) is 109 cm³/mol. The average molecular weight is 397 g/mol. The second-order valence-electron chi connectivity index (χ2n) is 5.58. The molecule has 3 aromatic rings. The molecule has 1 aromatic heterocycles.